The smallest absolute Gasteiger partial charge is 0.250 e. The number of likely N-dealkylation sites (tertiary alicyclic amines) is 1. The van der Waals surface area contributed by atoms with Crippen molar-refractivity contribution in [2.24, 2.45) is 0 Å². The molecular formula is C21H25N5O2. The van der Waals surface area contributed by atoms with Gasteiger partial charge in [0.2, 0.25) is 11.8 Å². The molecule has 2 N–H and O–H groups in total. The monoisotopic (exact) mass is 379 g/mol. The predicted octanol–water partition coefficient (Wildman–Crippen LogP) is 2.30. The van der Waals surface area contributed by atoms with E-state index in [4.69, 9.17) is 4.74 Å². The molecule has 146 valence electrons. The molecule has 0 aliphatic carbocycles. The summed E-state index contributed by atoms with van der Waals surface area (Å²) < 4.78 is 6.09. The lowest BCUT2D eigenvalue weighted by Gasteiger charge is -2.44. The van der Waals surface area contributed by atoms with Gasteiger partial charge in [-0.2, -0.15) is 4.98 Å². The molecule has 1 amide bonds. The first-order valence-electron chi connectivity index (χ1n) is 9.94. The van der Waals surface area contributed by atoms with Gasteiger partial charge < -0.3 is 15.4 Å². The third-order valence-corrected chi connectivity index (χ3v) is 6.15. The number of hydrogen-bond donors (Lipinski definition) is 2. The molecule has 1 unspecified atom stereocenters. The molecular weight excluding hydrogens is 354 g/mol. The Hall–Kier alpha value is -2.67. The Kier molecular flexibility index (Phi) is 4.01. The lowest BCUT2D eigenvalue weighted by atomic mass is 9.84. The minimum Gasteiger partial charge on any atom is -0.472 e. The number of benzene rings is 1. The summed E-state index contributed by atoms with van der Waals surface area (Å²) in [7, 11) is 0. The average molecular weight is 379 g/mol. The number of para-hydroxylation sites is 2. The van der Waals surface area contributed by atoms with E-state index in [2.05, 4.69) is 25.5 Å². The van der Waals surface area contributed by atoms with Gasteiger partial charge in [-0.3, -0.25) is 9.69 Å². The molecule has 4 heterocycles. The normalized spacial score (nSPS) is 22.8. The van der Waals surface area contributed by atoms with Crippen LogP contribution in [0.5, 0.6) is 5.88 Å². The highest BCUT2D eigenvalue weighted by Gasteiger charge is 2.44. The van der Waals surface area contributed by atoms with Gasteiger partial charge >= 0.3 is 0 Å². The second-order valence-electron chi connectivity index (χ2n) is 8.09. The fourth-order valence-electron chi connectivity index (χ4n) is 4.58. The summed E-state index contributed by atoms with van der Waals surface area (Å²) in [4.78, 5) is 24.1. The van der Waals surface area contributed by atoms with Crippen LogP contribution in [0.25, 0.3) is 0 Å². The summed E-state index contributed by atoms with van der Waals surface area (Å²) >= 11 is 0. The fraction of sp³-hybridized carbons (Fsp3) is 0.476. The van der Waals surface area contributed by atoms with Gasteiger partial charge in [0.25, 0.3) is 0 Å². The lowest BCUT2D eigenvalue weighted by Crippen LogP contribution is -2.59. The highest BCUT2D eigenvalue weighted by molar-refractivity contribution is 6.06. The molecule has 1 fully saturated rings. The summed E-state index contributed by atoms with van der Waals surface area (Å²) in [6.45, 7) is 6.50. The predicted molar refractivity (Wildman–Crippen MR) is 107 cm³/mol. The van der Waals surface area contributed by atoms with Gasteiger partial charge in [-0.25, -0.2) is 4.98 Å². The molecule has 7 heteroatoms. The molecule has 1 saturated heterocycles. The molecule has 3 aliphatic heterocycles. The molecule has 28 heavy (non-hydrogen) atoms. The molecule has 0 radical (unpaired) electrons. The lowest BCUT2D eigenvalue weighted by molar-refractivity contribution is -0.122. The van der Waals surface area contributed by atoms with Crippen LogP contribution >= 0.6 is 0 Å². The van der Waals surface area contributed by atoms with E-state index < -0.39 is 5.54 Å². The van der Waals surface area contributed by atoms with Crippen LogP contribution in [0.2, 0.25) is 0 Å². The summed E-state index contributed by atoms with van der Waals surface area (Å²) in [6.07, 6.45) is 2.53. The van der Waals surface area contributed by atoms with E-state index in [0.29, 0.717) is 0 Å². The minimum atomic E-state index is -0.510. The van der Waals surface area contributed by atoms with Crippen LogP contribution in [-0.2, 0) is 11.2 Å². The quantitative estimate of drug-likeness (QED) is 0.834. The first kappa shape index (κ1) is 17.4. The maximum Gasteiger partial charge on any atom is 0.250 e. The maximum atomic E-state index is 12.8. The zero-order valence-electron chi connectivity index (χ0n) is 16.3. The first-order chi connectivity index (χ1) is 13.5. The number of aromatic nitrogens is 2. The number of hydrogen-bond acceptors (Lipinski definition) is 6. The van der Waals surface area contributed by atoms with Crippen molar-refractivity contribution in [3.63, 3.8) is 0 Å². The van der Waals surface area contributed by atoms with Crippen LogP contribution in [0, 0.1) is 13.8 Å². The van der Waals surface area contributed by atoms with Gasteiger partial charge in [-0.05, 0) is 38.8 Å². The van der Waals surface area contributed by atoms with Crippen molar-refractivity contribution in [2.75, 3.05) is 30.3 Å². The third-order valence-electron chi connectivity index (χ3n) is 6.15. The van der Waals surface area contributed by atoms with E-state index in [0.717, 1.165) is 73.2 Å². The Bertz CT molecular complexity index is 936. The van der Waals surface area contributed by atoms with E-state index >= 15 is 0 Å². The maximum absolute atomic E-state index is 12.8. The third kappa shape index (κ3) is 2.90. The topological polar surface area (TPSA) is 79.4 Å². The standard InChI is InChI=1S/C21H25N5O2/c1-13-16-11-15(28-19(16)23-14(2)22-13)12-26-9-7-21(8-10-26)20(27)24-17-5-3-4-6-18(17)25-21/h3-6,15,25H,7-12H2,1-2H3,(H,24,27). The second kappa shape index (κ2) is 6.44. The number of carbonyl (C=O) groups excluding carboxylic acids is 1. The Morgan fingerprint density at radius 3 is 2.71 bits per heavy atom. The number of fused-ring (bicyclic) bond motifs is 2. The number of ether oxygens (including phenoxy) is 1. The molecule has 7 nitrogen and oxygen atoms in total. The molecule has 0 bridgehead atoms. The highest BCUT2D eigenvalue weighted by Crippen LogP contribution is 2.36. The number of aryl methyl sites for hydroxylation is 2. The molecule has 3 aliphatic rings. The Morgan fingerprint density at radius 2 is 1.93 bits per heavy atom. The van der Waals surface area contributed by atoms with Crippen molar-refractivity contribution >= 4 is 17.3 Å². The van der Waals surface area contributed by atoms with Gasteiger partial charge in [0.15, 0.2) is 0 Å². The van der Waals surface area contributed by atoms with Gasteiger partial charge in [-0.15, -0.1) is 0 Å². The fourth-order valence-corrected chi connectivity index (χ4v) is 4.58. The van der Waals surface area contributed by atoms with Gasteiger partial charge in [-0.1, -0.05) is 12.1 Å². The molecule has 1 aromatic heterocycles. The van der Waals surface area contributed by atoms with Gasteiger partial charge in [0.05, 0.1) is 11.4 Å². The van der Waals surface area contributed by atoms with E-state index in [1.54, 1.807) is 0 Å². The minimum absolute atomic E-state index is 0.0803. The van der Waals surface area contributed by atoms with Crippen LogP contribution < -0.4 is 15.4 Å². The van der Waals surface area contributed by atoms with Crippen molar-refractivity contribution in [1.82, 2.24) is 14.9 Å². The van der Waals surface area contributed by atoms with E-state index in [1.165, 1.54) is 0 Å². The van der Waals surface area contributed by atoms with Gasteiger partial charge in [0, 0.05) is 37.3 Å². The number of anilines is 2. The van der Waals surface area contributed by atoms with Crippen molar-refractivity contribution < 1.29 is 9.53 Å². The van der Waals surface area contributed by atoms with Crippen molar-refractivity contribution in [2.45, 2.75) is 44.8 Å². The number of amides is 1. The van der Waals surface area contributed by atoms with Crippen LogP contribution in [-0.4, -0.2) is 52.1 Å². The number of nitrogens with zero attached hydrogens (tertiary/aromatic N) is 3. The van der Waals surface area contributed by atoms with Crippen molar-refractivity contribution in [3.8, 4) is 5.88 Å². The molecule has 0 saturated carbocycles. The molecule has 1 aromatic carbocycles. The number of piperidine rings is 1. The summed E-state index contributed by atoms with van der Waals surface area (Å²) in [5, 5.41) is 6.59. The molecule has 1 spiro atoms. The zero-order chi connectivity index (χ0) is 19.3. The second-order valence-corrected chi connectivity index (χ2v) is 8.09. The Labute approximate surface area is 164 Å². The number of carbonyl (C=O) groups is 1. The van der Waals surface area contributed by atoms with Crippen molar-refractivity contribution in [3.05, 3.63) is 41.3 Å². The summed E-state index contributed by atoms with van der Waals surface area (Å²) in [5.74, 6) is 1.58. The van der Waals surface area contributed by atoms with Crippen molar-refractivity contribution in [1.29, 1.82) is 0 Å². The number of rotatable bonds is 2. The average Bonchev–Trinajstić information content (AvgIpc) is 3.07. The van der Waals surface area contributed by atoms with Gasteiger partial charge in [0.1, 0.15) is 17.5 Å². The van der Waals surface area contributed by atoms with E-state index in [-0.39, 0.29) is 12.0 Å². The first-order valence-corrected chi connectivity index (χ1v) is 9.94. The van der Waals surface area contributed by atoms with E-state index in [1.807, 2.05) is 38.1 Å². The van der Waals surface area contributed by atoms with Crippen LogP contribution in [0.15, 0.2) is 24.3 Å². The highest BCUT2D eigenvalue weighted by atomic mass is 16.5. The SMILES string of the molecule is Cc1nc(C)c2c(n1)OC(CN1CCC3(CC1)Nc1ccccc1NC3=O)C2. The van der Waals surface area contributed by atoms with Crippen LogP contribution in [0.4, 0.5) is 11.4 Å². The Balaban J connectivity index is 1.23. The Morgan fingerprint density at radius 1 is 1.18 bits per heavy atom. The largest absolute Gasteiger partial charge is 0.472 e. The van der Waals surface area contributed by atoms with Crippen LogP contribution in [0.3, 0.4) is 0 Å². The summed E-state index contributed by atoms with van der Waals surface area (Å²) in [6, 6.07) is 7.89. The molecule has 5 rings (SSSR count). The number of nitrogens with one attached hydrogen (secondary N) is 2. The molecule has 2 aromatic rings. The summed E-state index contributed by atoms with van der Waals surface area (Å²) in [5.41, 5.74) is 3.51. The zero-order valence-corrected chi connectivity index (χ0v) is 16.3. The van der Waals surface area contributed by atoms with Crippen LogP contribution in [0.1, 0.15) is 29.9 Å². The molecule has 1 atom stereocenters. The van der Waals surface area contributed by atoms with E-state index in [9.17, 15) is 4.79 Å².